The maximum atomic E-state index is 5.37. The Kier molecular flexibility index (Phi) is 1.51. The van der Waals surface area contributed by atoms with Crippen molar-refractivity contribution in [3.05, 3.63) is 30.7 Å². The Hall–Kier alpha value is -1.84. The highest BCUT2D eigenvalue weighted by Crippen LogP contribution is 2.18. The first-order chi connectivity index (χ1) is 5.86. The minimum atomic E-state index is 0.321. The molecule has 0 aliphatic carbocycles. The zero-order valence-electron chi connectivity index (χ0n) is 6.27. The van der Waals surface area contributed by atoms with Crippen molar-refractivity contribution in [3.8, 4) is 11.5 Å². The second-order valence-electron chi connectivity index (χ2n) is 2.30. The van der Waals surface area contributed by atoms with E-state index in [9.17, 15) is 0 Å². The molecule has 0 spiro atoms. The zero-order chi connectivity index (χ0) is 8.39. The lowest BCUT2D eigenvalue weighted by Crippen LogP contribution is -1.77. The first-order valence-electron chi connectivity index (χ1n) is 3.48. The molecule has 0 radical (unpaired) electrons. The first-order valence-corrected chi connectivity index (χ1v) is 3.48. The van der Waals surface area contributed by atoms with E-state index in [4.69, 9.17) is 10.2 Å². The van der Waals surface area contributed by atoms with Crippen LogP contribution in [0.3, 0.4) is 0 Å². The lowest BCUT2D eigenvalue weighted by molar-refractivity contribution is 0.594. The van der Waals surface area contributed by atoms with Gasteiger partial charge in [-0.3, -0.25) is 4.98 Å². The molecule has 2 heterocycles. The number of hydrogen-bond donors (Lipinski definition) is 1. The molecule has 12 heavy (non-hydrogen) atoms. The standard InChI is InChI=1S/C8H7N3O/c9-7-5-11-8(12-7)6-1-3-10-4-2-6/h1-5H,9H2. The molecular formula is C8H7N3O. The third-order valence-electron chi connectivity index (χ3n) is 1.45. The molecule has 0 unspecified atom stereocenters. The van der Waals surface area contributed by atoms with Gasteiger partial charge in [-0.15, -0.1) is 0 Å². The Morgan fingerprint density at radius 2 is 2.00 bits per heavy atom. The highest BCUT2D eigenvalue weighted by Gasteiger charge is 2.02. The van der Waals surface area contributed by atoms with Gasteiger partial charge in [0.1, 0.15) is 0 Å². The molecular weight excluding hydrogens is 154 g/mol. The lowest BCUT2D eigenvalue weighted by atomic mass is 10.3. The van der Waals surface area contributed by atoms with E-state index in [1.165, 1.54) is 6.20 Å². The van der Waals surface area contributed by atoms with Crippen LogP contribution in [0, 0.1) is 0 Å². The van der Waals surface area contributed by atoms with Crippen molar-refractivity contribution in [3.63, 3.8) is 0 Å². The van der Waals surface area contributed by atoms with Gasteiger partial charge < -0.3 is 10.2 Å². The molecule has 0 aliphatic rings. The minimum Gasteiger partial charge on any atom is -0.421 e. The fourth-order valence-corrected chi connectivity index (χ4v) is 0.915. The molecule has 0 aromatic carbocycles. The minimum absolute atomic E-state index is 0.321. The van der Waals surface area contributed by atoms with Crippen LogP contribution in [0.25, 0.3) is 11.5 Å². The van der Waals surface area contributed by atoms with Gasteiger partial charge in [0, 0.05) is 18.0 Å². The molecule has 2 rings (SSSR count). The van der Waals surface area contributed by atoms with Gasteiger partial charge in [0.15, 0.2) is 0 Å². The maximum absolute atomic E-state index is 5.37. The molecule has 0 aliphatic heterocycles. The van der Waals surface area contributed by atoms with E-state index in [1.54, 1.807) is 12.4 Å². The molecule has 2 aromatic rings. The summed E-state index contributed by atoms with van der Waals surface area (Å²) >= 11 is 0. The van der Waals surface area contributed by atoms with Crippen molar-refractivity contribution in [1.29, 1.82) is 0 Å². The number of rotatable bonds is 1. The van der Waals surface area contributed by atoms with Crippen LogP contribution >= 0.6 is 0 Å². The maximum Gasteiger partial charge on any atom is 0.228 e. The predicted octanol–water partition coefficient (Wildman–Crippen LogP) is 1.32. The molecule has 0 bridgehead atoms. The fraction of sp³-hybridized carbons (Fsp3) is 0. The summed E-state index contributed by atoms with van der Waals surface area (Å²) in [7, 11) is 0. The van der Waals surface area contributed by atoms with Gasteiger partial charge in [-0.25, -0.2) is 4.98 Å². The van der Waals surface area contributed by atoms with Crippen molar-refractivity contribution in [1.82, 2.24) is 9.97 Å². The van der Waals surface area contributed by atoms with Gasteiger partial charge in [0.05, 0.1) is 6.20 Å². The largest absolute Gasteiger partial charge is 0.421 e. The van der Waals surface area contributed by atoms with Crippen molar-refractivity contribution in [2.24, 2.45) is 0 Å². The average Bonchev–Trinajstić information content (AvgIpc) is 2.54. The third kappa shape index (κ3) is 1.14. The van der Waals surface area contributed by atoms with E-state index in [1.807, 2.05) is 12.1 Å². The predicted molar refractivity (Wildman–Crippen MR) is 44.1 cm³/mol. The fourth-order valence-electron chi connectivity index (χ4n) is 0.915. The molecule has 2 N–H and O–H groups in total. The topological polar surface area (TPSA) is 64.9 Å². The number of hydrogen-bond acceptors (Lipinski definition) is 4. The number of nitrogens with two attached hydrogens (primary N) is 1. The SMILES string of the molecule is Nc1cnc(-c2ccncc2)o1. The Morgan fingerprint density at radius 1 is 1.25 bits per heavy atom. The zero-order valence-corrected chi connectivity index (χ0v) is 6.27. The smallest absolute Gasteiger partial charge is 0.228 e. The molecule has 4 nitrogen and oxygen atoms in total. The van der Waals surface area contributed by atoms with Crippen LogP contribution in [-0.4, -0.2) is 9.97 Å². The van der Waals surface area contributed by atoms with Crippen molar-refractivity contribution >= 4 is 5.88 Å². The number of aromatic nitrogens is 2. The number of anilines is 1. The molecule has 4 heteroatoms. The van der Waals surface area contributed by atoms with Crippen molar-refractivity contribution in [2.45, 2.75) is 0 Å². The van der Waals surface area contributed by atoms with E-state index in [2.05, 4.69) is 9.97 Å². The summed E-state index contributed by atoms with van der Waals surface area (Å²) < 4.78 is 5.11. The van der Waals surface area contributed by atoms with Crippen LogP contribution in [0.15, 0.2) is 35.1 Å². The molecule has 0 fully saturated rings. The van der Waals surface area contributed by atoms with Gasteiger partial charge in [-0.1, -0.05) is 0 Å². The van der Waals surface area contributed by atoms with Crippen molar-refractivity contribution in [2.75, 3.05) is 5.73 Å². The van der Waals surface area contributed by atoms with Crippen LogP contribution in [0.1, 0.15) is 0 Å². The second-order valence-corrected chi connectivity index (χ2v) is 2.30. The van der Waals surface area contributed by atoms with Gasteiger partial charge in [0.25, 0.3) is 0 Å². The third-order valence-corrected chi connectivity index (χ3v) is 1.45. The summed E-state index contributed by atoms with van der Waals surface area (Å²) in [5.41, 5.74) is 6.25. The van der Waals surface area contributed by atoms with Crippen molar-refractivity contribution < 1.29 is 4.42 Å². The summed E-state index contributed by atoms with van der Waals surface area (Å²) in [6.07, 6.45) is 4.83. The van der Waals surface area contributed by atoms with Gasteiger partial charge in [-0.05, 0) is 12.1 Å². The van der Waals surface area contributed by atoms with Crippen LogP contribution in [0.4, 0.5) is 5.88 Å². The second kappa shape index (κ2) is 2.65. The Labute approximate surface area is 69.1 Å². The number of oxazole rings is 1. The summed E-state index contributed by atoms with van der Waals surface area (Å²) in [4.78, 5) is 7.84. The number of pyridine rings is 1. The summed E-state index contributed by atoms with van der Waals surface area (Å²) in [5.74, 6) is 0.844. The summed E-state index contributed by atoms with van der Waals surface area (Å²) in [6, 6.07) is 3.62. The van der Waals surface area contributed by atoms with Crippen LogP contribution < -0.4 is 5.73 Å². The van der Waals surface area contributed by atoms with Gasteiger partial charge in [-0.2, -0.15) is 0 Å². The molecule has 60 valence electrons. The highest BCUT2D eigenvalue weighted by molar-refractivity contribution is 5.52. The average molecular weight is 161 g/mol. The summed E-state index contributed by atoms with van der Waals surface area (Å²) in [5, 5.41) is 0. The van der Waals surface area contributed by atoms with E-state index < -0.39 is 0 Å². The number of nitrogens with zero attached hydrogens (tertiary/aromatic N) is 2. The van der Waals surface area contributed by atoms with Gasteiger partial charge in [0.2, 0.25) is 11.8 Å². The quantitative estimate of drug-likeness (QED) is 0.685. The Balaban J connectivity index is 2.45. The number of nitrogen functional groups attached to an aromatic ring is 1. The van der Waals surface area contributed by atoms with E-state index >= 15 is 0 Å². The normalized spacial score (nSPS) is 10.0. The Bertz CT molecular complexity index is 369. The molecule has 0 saturated heterocycles. The van der Waals surface area contributed by atoms with Crippen LogP contribution in [0.5, 0.6) is 0 Å². The summed E-state index contributed by atoms with van der Waals surface area (Å²) in [6.45, 7) is 0. The monoisotopic (exact) mass is 161 g/mol. The highest BCUT2D eigenvalue weighted by atomic mass is 16.4. The van der Waals surface area contributed by atoms with E-state index in [0.29, 0.717) is 11.8 Å². The van der Waals surface area contributed by atoms with E-state index in [0.717, 1.165) is 5.56 Å². The molecule has 0 amide bonds. The lowest BCUT2D eigenvalue weighted by Gasteiger charge is -1.91. The van der Waals surface area contributed by atoms with Gasteiger partial charge >= 0.3 is 0 Å². The Morgan fingerprint density at radius 3 is 2.58 bits per heavy atom. The molecule has 0 saturated carbocycles. The first kappa shape index (κ1) is 6.84. The molecule has 2 aromatic heterocycles. The molecule has 0 atom stereocenters. The van der Waals surface area contributed by atoms with Crippen LogP contribution in [0.2, 0.25) is 0 Å². The van der Waals surface area contributed by atoms with E-state index in [-0.39, 0.29) is 0 Å². The van der Waals surface area contributed by atoms with Crippen LogP contribution in [-0.2, 0) is 0 Å².